The molecule has 7 nitrogen and oxygen atoms in total. The molecular weight excluding hydrogens is 485 g/mol. The highest BCUT2D eigenvalue weighted by molar-refractivity contribution is 14.0. The molecule has 28 heavy (non-hydrogen) atoms. The molecule has 0 unspecified atom stereocenters. The number of ether oxygens (including phenoxy) is 2. The standard InChI is InChI=1S/C18H26F2N4O3.HI/c1-3-21-17(23-8-10-24(11-9-23)18(25)26-4-2)22-13-14-6-5-7-15(12-14)27-16(19)20;/h5-7,12,16H,3-4,8-11,13H2,1-2H3,(H,21,22);1H. The summed E-state index contributed by atoms with van der Waals surface area (Å²) in [5, 5.41) is 3.23. The van der Waals surface area contributed by atoms with Crippen molar-refractivity contribution < 1.29 is 23.0 Å². The molecule has 0 radical (unpaired) electrons. The number of piperazine rings is 1. The second-order valence-electron chi connectivity index (χ2n) is 5.87. The summed E-state index contributed by atoms with van der Waals surface area (Å²) in [4.78, 5) is 20.1. The number of benzene rings is 1. The number of amides is 1. The third-order valence-electron chi connectivity index (χ3n) is 3.98. The van der Waals surface area contributed by atoms with Crippen LogP contribution in [0, 0.1) is 0 Å². The number of guanidine groups is 1. The molecule has 1 heterocycles. The predicted molar refractivity (Wildman–Crippen MR) is 113 cm³/mol. The summed E-state index contributed by atoms with van der Waals surface area (Å²) in [6, 6.07) is 6.51. The smallest absolute Gasteiger partial charge is 0.409 e. The minimum atomic E-state index is -2.85. The number of nitrogens with one attached hydrogen (secondary N) is 1. The molecule has 1 fully saturated rings. The number of nitrogens with zero attached hydrogens (tertiary/aromatic N) is 3. The van der Waals surface area contributed by atoms with Crippen LogP contribution in [-0.2, 0) is 11.3 Å². The molecule has 1 aromatic rings. The zero-order valence-corrected chi connectivity index (χ0v) is 18.4. The SMILES string of the molecule is CCNC(=NCc1cccc(OC(F)F)c1)N1CCN(C(=O)OCC)CC1.I. The number of alkyl halides is 2. The van der Waals surface area contributed by atoms with Gasteiger partial charge in [0.1, 0.15) is 5.75 Å². The van der Waals surface area contributed by atoms with Gasteiger partial charge >= 0.3 is 12.7 Å². The molecule has 0 bridgehead atoms. The molecule has 1 N–H and O–H groups in total. The zero-order chi connectivity index (χ0) is 19.6. The molecule has 1 aliphatic rings. The maximum atomic E-state index is 12.3. The van der Waals surface area contributed by atoms with Crippen LogP contribution < -0.4 is 10.1 Å². The Bertz CT molecular complexity index is 641. The molecule has 0 aromatic heterocycles. The Balaban J connectivity index is 0.00000392. The highest BCUT2D eigenvalue weighted by atomic mass is 127. The summed E-state index contributed by atoms with van der Waals surface area (Å²) >= 11 is 0. The van der Waals surface area contributed by atoms with E-state index in [-0.39, 0.29) is 35.8 Å². The normalized spacial score (nSPS) is 14.5. The van der Waals surface area contributed by atoms with Gasteiger partial charge in [-0.1, -0.05) is 12.1 Å². The second-order valence-corrected chi connectivity index (χ2v) is 5.87. The van der Waals surface area contributed by atoms with Gasteiger partial charge in [0.2, 0.25) is 0 Å². The van der Waals surface area contributed by atoms with Crippen LogP contribution in [0.2, 0.25) is 0 Å². The van der Waals surface area contributed by atoms with E-state index in [0.717, 1.165) is 11.5 Å². The van der Waals surface area contributed by atoms with Crippen molar-refractivity contribution in [3.63, 3.8) is 0 Å². The van der Waals surface area contributed by atoms with Crippen LogP contribution in [0.1, 0.15) is 19.4 Å². The van der Waals surface area contributed by atoms with Crippen molar-refractivity contribution in [3.8, 4) is 5.75 Å². The third kappa shape index (κ3) is 7.64. The fourth-order valence-corrected chi connectivity index (χ4v) is 2.73. The van der Waals surface area contributed by atoms with E-state index >= 15 is 0 Å². The van der Waals surface area contributed by atoms with Gasteiger partial charge in [0, 0.05) is 32.7 Å². The molecule has 1 aliphatic heterocycles. The van der Waals surface area contributed by atoms with Gasteiger partial charge < -0.3 is 24.6 Å². The Morgan fingerprint density at radius 1 is 1.21 bits per heavy atom. The molecule has 2 rings (SSSR count). The first-order valence-corrected chi connectivity index (χ1v) is 9.02. The number of carbonyl (C=O) groups excluding carboxylic acids is 1. The van der Waals surface area contributed by atoms with E-state index in [0.29, 0.717) is 45.9 Å². The van der Waals surface area contributed by atoms with E-state index in [1.807, 2.05) is 13.0 Å². The van der Waals surface area contributed by atoms with Gasteiger partial charge in [0.25, 0.3) is 0 Å². The van der Waals surface area contributed by atoms with Gasteiger partial charge in [-0.3, -0.25) is 0 Å². The number of halogens is 3. The predicted octanol–water partition coefficient (Wildman–Crippen LogP) is 3.15. The number of carbonyl (C=O) groups is 1. The topological polar surface area (TPSA) is 66.4 Å². The summed E-state index contributed by atoms with van der Waals surface area (Å²) in [5.41, 5.74) is 0.772. The zero-order valence-electron chi connectivity index (χ0n) is 16.1. The van der Waals surface area contributed by atoms with E-state index < -0.39 is 6.61 Å². The first kappa shape index (κ1) is 24.2. The summed E-state index contributed by atoms with van der Waals surface area (Å²) in [5.74, 6) is 0.840. The fourth-order valence-electron chi connectivity index (χ4n) is 2.73. The van der Waals surface area contributed by atoms with Crippen molar-refractivity contribution in [2.24, 2.45) is 4.99 Å². The lowest BCUT2D eigenvalue weighted by atomic mass is 10.2. The average Bonchev–Trinajstić information content (AvgIpc) is 2.65. The van der Waals surface area contributed by atoms with E-state index in [9.17, 15) is 13.6 Å². The lowest BCUT2D eigenvalue weighted by Gasteiger charge is -2.35. The number of hydrogen-bond acceptors (Lipinski definition) is 4. The Morgan fingerprint density at radius 3 is 2.50 bits per heavy atom. The van der Waals surface area contributed by atoms with E-state index in [4.69, 9.17) is 4.74 Å². The van der Waals surface area contributed by atoms with Crippen LogP contribution in [0.4, 0.5) is 13.6 Å². The third-order valence-corrected chi connectivity index (χ3v) is 3.98. The maximum Gasteiger partial charge on any atom is 0.409 e. The van der Waals surface area contributed by atoms with Crippen LogP contribution in [0.3, 0.4) is 0 Å². The lowest BCUT2D eigenvalue weighted by molar-refractivity contribution is -0.0498. The number of aliphatic imine (C=N–C) groups is 1. The molecule has 1 aromatic carbocycles. The summed E-state index contributed by atoms with van der Waals surface area (Å²) in [6.45, 7) is 4.69. The van der Waals surface area contributed by atoms with E-state index in [2.05, 4.69) is 19.9 Å². The van der Waals surface area contributed by atoms with E-state index in [1.54, 1.807) is 24.0 Å². The molecule has 0 saturated carbocycles. The highest BCUT2D eigenvalue weighted by Crippen LogP contribution is 2.16. The molecular formula is C18H27F2IN4O3. The summed E-state index contributed by atoms with van der Waals surface area (Å²) in [7, 11) is 0. The van der Waals surface area contributed by atoms with Crippen LogP contribution in [0.15, 0.2) is 29.3 Å². The van der Waals surface area contributed by atoms with Gasteiger partial charge in [-0.2, -0.15) is 8.78 Å². The fraction of sp³-hybridized carbons (Fsp3) is 0.556. The van der Waals surface area contributed by atoms with Crippen molar-refractivity contribution in [2.45, 2.75) is 27.0 Å². The quantitative estimate of drug-likeness (QED) is 0.361. The first-order valence-electron chi connectivity index (χ1n) is 9.02. The Labute approximate surface area is 181 Å². The Hall–Kier alpha value is -1.85. The first-order chi connectivity index (χ1) is 13.0. The minimum Gasteiger partial charge on any atom is -0.450 e. The van der Waals surface area contributed by atoms with E-state index in [1.165, 1.54) is 6.07 Å². The number of rotatable bonds is 6. The van der Waals surface area contributed by atoms with Crippen molar-refractivity contribution >= 4 is 36.0 Å². The largest absolute Gasteiger partial charge is 0.450 e. The van der Waals surface area contributed by atoms with Gasteiger partial charge in [0.05, 0.1) is 13.2 Å². The monoisotopic (exact) mass is 512 g/mol. The van der Waals surface area contributed by atoms with Gasteiger partial charge in [-0.25, -0.2) is 9.79 Å². The lowest BCUT2D eigenvalue weighted by Crippen LogP contribution is -2.53. The van der Waals surface area contributed by atoms with Crippen molar-refractivity contribution in [1.29, 1.82) is 0 Å². The maximum absolute atomic E-state index is 12.3. The molecule has 158 valence electrons. The van der Waals surface area contributed by atoms with Gasteiger partial charge in [0.15, 0.2) is 5.96 Å². The Morgan fingerprint density at radius 2 is 1.89 bits per heavy atom. The van der Waals surface area contributed by atoms with Crippen molar-refractivity contribution in [1.82, 2.24) is 15.1 Å². The molecule has 1 amide bonds. The van der Waals surface area contributed by atoms with Crippen LogP contribution in [-0.4, -0.2) is 67.8 Å². The number of hydrogen-bond donors (Lipinski definition) is 1. The van der Waals surface area contributed by atoms with Gasteiger partial charge in [-0.05, 0) is 31.5 Å². The molecule has 10 heteroatoms. The summed E-state index contributed by atoms with van der Waals surface area (Å²) in [6.07, 6.45) is -0.296. The van der Waals surface area contributed by atoms with Crippen molar-refractivity contribution in [3.05, 3.63) is 29.8 Å². The molecule has 1 saturated heterocycles. The molecule has 0 aliphatic carbocycles. The van der Waals surface area contributed by atoms with Crippen LogP contribution in [0.25, 0.3) is 0 Å². The van der Waals surface area contributed by atoms with Crippen molar-refractivity contribution in [2.75, 3.05) is 39.3 Å². The summed E-state index contributed by atoms with van der Waals surface area (Å²) < 4.78 is 34.1. The van der Waals surface area contributed by atoms with Crippen LogP contribution in [0.5, 0.6) is 5.75 Å². The molecule has 0 atom stereocenters. The molecule has 0 spiro atoms. The average molecular weight is 512 g/mol. The minimum absolute atomic E-state index is 0. The second kappa shape index (κ2) is 12.6. The highest BCUT2D eigenvalue weighted by Gasteiger charge is 2.23. The van der Waals surface area contributed by atoms with Crippen LogP contribution >= 0.6 is 24.0 Å². The van der Waals surface area contributed by atoms with Gasteiger partial charge in [-0.15, -0.1) is 24.0 Å². The Kier molecular flexibility index (Phi) is 10.9.